The van der Waals surface area contributed by atoms with Crippen molar-refractivity contribution in [3.05, 3.63) is 29.3 Å². The van der Waals surface area contributed by atoms with E-state index in [2.05, 4.69) is 4.36 Å². The summed E-state index contributed by atoms with van der Waals surface area (Å²) < 4.78 is 23.8. The van der Waals surface area contributed by atoms with Gasteiger partial charge in [-0.1, -0.05) is 11.6 Å². The lowest BCUT2D eigenvalue weighted by Gasteiger charge is -1.99. The van der Waals surface area contributed by atoms with Gasteiger partial charge in [-0.05, 0) is 30.7 Å². The normalized spacial score (nSPS) is 9.57. The highest BCUT2D eigenvalue weighted by Crippen LogP contribution is 2.22. The van der Waals surface area contributed by atoms with Gasteiger partial charge in [0.25, 0.3) is 5.24 Å². The first-order valence-electron chi connectivity index (χ1n) is 3.62. The predicted molar refractivity (Wildman–Crippen MR) is 52.4 cm³/mol. The van der Waals surface area contributed by atoms with Gasteiger partial charge in [-0.3, -0.25) is 4.79 Å². The van der Waals surface area contributed by atoms with E-state index >= 15 is 0 Å². The number of halogens is 1. The summed E-state index contributed by atoms with van der Waals surface area (Å²) in [5.41, 5.74) is 0.962. The van der Waals surface area contributed by atoms with Gasteiger partial charge in [0.05, 0.1) is 11.3 Å². The third-order valence-electron chi connectivity index (χ3n) is 1.54. The second-order valence-electron chi connectivity index (χ2n) is 2.60. The molecule has 0 saturated carbocycles. The van der Waals surface area contributed by atoms with Gasteiger partial charge in [-0.25, -0.2) is 0 Å². The molecule has 4 nitrogen and oxygen atoms in total. The van der Waals surface area contributed by atoms with Crippen molar-refractivity contribution in [1.29, 1.82) is 0 Å². The zero-order chi connectivity index (χ0) is 10.7. The molecule has 0 aliphatic rings. The van der Waals surface area contributed by atoms with Crippen LogP contribution in [0.15, 0.2) is 22.6 Å². The molecule has 0 amide bonds. The van der Waals surface area contributed by atoms with Crippen LogP contribution in [0, 0.1) is 6.92 Å². The van der Waals surface area contributed by atoms with Crippen molar-refractivity contribution in [3.63, 3.8) is 0 Å². The summed E-state index contributed by atoms with van der Waals surface area (Å²) in [6, 6.07) is 4.57. The van der Waals surface area contributed by atoms with Crippen LogP contribution in [0.1, 0.15) is 15.9 Å². The Bertz CT molecular complexity index is 499. The Morgan fingerprint density at radius 2 is 2.07 bits per heavy atom. The first-order chi connectivity index (χ1) is 6.50. The molecule has 0 fully saturated rings. The van der Waals surface area contributed by atoms with Crippen LogP contribution in [0.4, 0.5) is 5.69 Å². The molecular formula is C8H6ClNO3S. The molecule has 0 radical (unpaired) electrons. The second kappa shape index (κ2) is 4.34. The number of rotatable bonds is 2. The monoisotopic (exact) mass is 231 g/mol. The fourth-order valence-corrected chi connectivity index (χ4v) is 1.44. The topological polar surface area (TPSA) is 63.6 Å². The van der Waals surface area contributed by atoms with Crippen LogP contribution < -0.4 is 0 Å². The fourth-order valence-electron chi connectivity index (χ4n) is 0.967. The lowest BCUT2D eigenvalue weighted by atomic mass is 10.1. The Morgan fingerprint density at radius 3 is 2.57 bits per heavy atom. The number of hydrogen-bond acceptors (Lipinski definition) is 4. The minimum absolute atomic E-state index is 0.0592. The van der Waals surface area contributed by atoms with E-state index < -0.39 is 15.7 Å². The van der Waals surface area contributed by atoms with Crippen LogP contribution >= 0.6 is 11.6 Å². The first kappa shape index (κ1) is 10.9. The molecule has 1 aromatic rings. The molecule has 0 aromatic heterocycles. The second-order valence-corrected chi connectivity index (χ2v) is 3.56. The van der Waals surface area contributed by atoms with Crippen molar-refractivity contribution in [2.75, 3.05) is 0 Å². The Morgan fingerprint density at radius 1 is 1.43 bits per heavy atom. The Hall–Kier alpha value is -1.20. The highest BCUT2D eigenvalue weighted by atomic mass is 35.5. The van der Waals surface area contributed by atoms with Crippen LogP contribution in [0.2, 0.25) is 0 Å². The molecule has 0 spiro atoms. The van der Waals surface area contributed by atoms with Crippen molar-refractivity contribution < 1.29 is 13.2 Å². The van der Waals surface area contributed by atoms with E-state index in [0.29, 0.717) is 0 Å². The molecule has 1 rings (SSSR count). The molecule has 74 valence electrons. The van der Waals surface area contributed by atoms with Crippen molar-refractivity contribution in [2.45, 2.75) is 6.92 Å². The number of carbonyl (C=O) groups excluding carboxylic acids is 1. The maximum Gasteiger partial charge on any atom is 0.316 e. The van der Waals surface area contributed by atoms with Crippen LogP contribution in [0.25, 0.3) is 0 Å². The summed E-state index contributed by atoms with van der Waals surface area (Å²) in [5, 5.41) is -0.724. The lowest BCUT2D eigenvalue weighted by Crippen LogP contribution is -1.90. The maximum absolute atomic E-state index is 10.9. The minimum Gasteiger partial charge on any atom is -0.276 e. The number of carbonyl (C=O) groups is 1. The highest BCUT2D eigenvalue weighted by molar-refractivity contribution is 7.61. The summed E-state index contributed by atoms with van der Waals surface area (Å²) in [4.78, 5) is 10.9. The third-order valence-corrected chi connectivity index (χ3v) is 2.09. The van der Waals surface area contributed by atoms with Gasteiger partial charge in [-0.2, -0.15) is 8.42 Å². The molecule has 0 atom stereocenters. The summed E-state index contributed by atoms with van der Waals surface area (Å²) in [6.07, 6.45) is 0. The standard InChI is InChI=1S/C8H6ClNO3S/c1-5-2-3-7(10-14(12)13)6(4-5)8(9)11/h2-4H,1H3. The van der Waals surface area contributed by atoms with Crippen molar-refractivity contribution >= 4 is 33.0 Å². The van der Waals surface area contributed by atoms with Crippen LogP contribution in [0.5, 0.6) is 0 Å². The first-order valence-corrected chi connectivity index (χ1v) is 5.03. The third kappa shape index (κ3) is 2.65. The van der Waals surface area contributed by atoms with Gasteiger partial charge in [0, 0.05) is 0 Å². The van der Waals surface area contributed by atoms with Crippen molar-refractivity contribution in [1.82, 2.24) is 0 Å². The minimum atomic E-state index is -2.59. The van der Waals surface area contributed by atoms with Gasteiger partial charge < -0.3 is 0 Å². The zero-order valence-electron chi connectivity index (χ0n) is 7.19. The Kier molecular flexibility index (Phi) is 3.38. The smallest absolute Gasteiger partial charge is 0.276 e. The quantitative estimate of drug-likeness (QED) is 0.732. The zero-order valence-corrected chi connectivity index (χ0v) is 8.76. The molecule has 0 saturated heterocycles. The summed E-state index contributed by atoms with van der Waals surface area (Å²) in [5.74, 6) is 0. The van der Waals surface area contributed by atoms with Gasteiger partial charge in [0.1, 0.15) is 0 Å². The van der Waals surface area contributed by atoms with Crippen molar-refractivity contribution in [3.8, 4) is 0 Å². The summed E-state index contributed by atoms with van der Waals surface area (Å²) >= 11 is 5.26. The molecular weight excluding hydrogens is 226 g/mol. The molecule has 0 aliphatic heterocycles. The Labute approximate surface area is 87.2 Å². The molecule has 1 aromatic carbocycles. The van der Waals surface area contributed by atoms with Gasteiger partial charge in [0.2, 0.25) is 0 Å². The largest absolute Gasteiger partial charge is 0.316 e. The van der Waals surface area contributed by atoms with Gasteiger partial charge in [0.15, 0.2) is 0 Å². The van der Waals surface area contributed by atoms with E-state index in [-0.39, 0.29) is 11.3 Å². The number of aryl methyl sites for hydroxylation is 1. The number of hydrogen-bond donors (Lipinski definition) is 0. The SMILES string of the molecule is Cc1ccc(N=S(=O)=O)c(C(=O)Cl)c1. The van der Waals surface area contributed by atoms with Crippen LogP contribution in [-0.4, -0.2) is 13.7 Å². The predicted octanol–water partition coefficient (Wildman–Crippen LogP) is 2.07. The van der Waals surface area contributed by atoms with Crippen LogP contribution in [0.3, 0.4) is 0 Å². The molecule has 6 heteroatoms. The van der Waals surface area contributed by atoms with E-state index in [0.717, 1.165) is 5.56 Å². The van der Waals surface area contributed by atoms with E-state index in [1.54, 1.807) is 13.0 Å². The Balaban J connectivity index is 3.44. The summed E-state index contributed by atoms with van der Waals surface area (Å²) in [6.45, 7) is 1.77. The molecule has 0 unspecified atom stereocenters. The molecule has 0 bridgehead atoms. The average molecular weight is 232 g/mol. The molecule has 0 N–H and O–H groups in total. The highest BCUT2D eigenvalue weighted by Gasteiger charge is 2.08. The van der Waals surface area contributed by atoms with Gasteiger partial charge >= 0.3 is 10.5 Å². The number of nitrogens with zero attached hydrogens (tertiary/aromatic N) is 1. The fraction of sp³-hybridized carbons (Fsp3) is 0.125. The molecule has 14 heavy (non-hydrogen) atoms. The molecule has 0 aliphatic carbocycles. The van der Waals surface area contributed by atoms with Crippen molar-refractivity contribution in [2.24, 2.45) is 4.36 Å². The van der Waals surface area contributed by atoms with E-state index in [1.165, 1.54) is 12.1 Å². The maximum atomic E-state index is 10.9. The number of benzene rings is 1. The van der Waals surface area contributed by atoms with Gasteiger partial charge in [-0.15, -0.1) is 4.36 Å². The lowest BCUT2D eigenvalue weighted by molar-refractivity contribution is 0.108. The summed E-state index contributed by atoms with van der Waals surface area (Å²) in [7, 11) is -2.59. The van der Waals surface area contributed by atoms with Crippen LogP contribution in [-0.2, 0) is 10.5 Å². The molecule has 0 heterocycles. The average Bonchev–Trinajstić information content (AvgIpc) is 2.07. The van der Waals surface area contributed by atoms with E-state index in [1.807, 2.05) is 0 Å². The van der Waals surface area contributed by atoms with E-state index in [9.17, 15) is 13.2 Å². The van der Waals surface area contributed by atoms with E-state index in [4.69, 9.17) is 11.6 Å².